The Morgan fingerprint density at radius 1 is 1.41 bits per heavy atom. The van der Waals surface area contributed by atoms with Crippen LogP contribution in [0, 0.1) is 0 Å². The molecule has 0 atom stereocenters. The Morgan fingerprint density at radius 2 is 2.18 bits per heavy atom. The zero-order valence-electron chi connectivity index (χ0n) is 9.33. The van der Waals surface area contributed by atoms with E-state index >= 15 is 0 Å². The van der Waals surface area contributed by atoms with Gasteiger partial charge in [0.25, 0.3) is 5.91 Å². The first-order valence-corrected chi connectivity index (χ1v) is 5.22. The van der Waals surface area contributed by atoms with Gasteiger partial charge in [-0.05, 0) is 17.7 Å². The molecular formula is C10H10ClN5O. The number of carbonyl (C=O) groups excluding carboxylic acids is 1. The number of amides is 1. The van der Waals surface area contributed by atoms with Crippen LogP contribution in [-0.4, -0.2) is 44.7 Å². The van der Waals surface area contributed by atoms with E-state index in [0.29, 0.717) is 11.5 Å². The number of halogens is 1. The second kappa shape index (κ2) is 4.50. The van der Waals surface area contributed by atoms with E-state index in [0.717, 1.165) is 0 Å². The van der Waals surface area contributed by atoms with Crippen LogP contribution >= 0.6 is 11.6 Å². The van der Waals surface area contributed by atoms with Gasteiger partial charge in [-0.3, -0.25) is 4.79 Å². The zero-order valence-corrected chi connectivity index (χ0v) is 10.1. The SMILES string of the molecule is CN(C)C(=O)c1ccn(-c2ccnc(Cl)n2)n1. The first kappa shape index (κ1) is 11.5. The molecule has 2 rings (SSSR count). The van der Waals surface area contributed by atoms with Crippen LogP contribution in [0.1, 0.15) is 10.5 Å². The minimum absolute atomic E-state index is 0.137. The van der Waals surface area contributed by atoms with Gasteiger partial charge in [-0.15, -0.1) is 0 Å². The average Bonchev–Trinajstić information content (AvgIpc) is 2.77. The highest BCUT2D eigenvalue weighted by Gasteiger charge is 2.12. The summed E-state index contributed by atoms with van der Waals surface area (Å²) < 4.78 is 1.48. The van der Waals surface area contributed by atoms with Crippen molar-refractivity contribution in [2.75, 3.05) is 14.1 Å². The lowest BCUT2D eigenvalue weighted by molar-refractivity contribution is 0.0821. The third-order valence-electron chi connectivity index (χ3n) is 2.06. The fraction of sp³-hybridized carbons (Fsp3) is 0.200. The molecule has 0 spiro atoms. The molecule has 7 heteroatoms. The van der Waals surface area contributed by atoms with Crippen molar-refractivity contribution >= 4 is 17.5 Å². The van der Waals surface area contributed by atoms with E-state index in [4.69, 9.17) is 11.6 Å². The Morgan fingerprint density at radius 3 is 2.82 bits per heavy atom. The van der Waals surface area contributed by atoms with Gasteiger partial charge in [0.1, 0.15) is 0 Å². The minimum Gasteiger partial charge on any atom is -0.343 e. The van der Waals surface area contributed by atoms with Gasteiger partial charge in [-0.2, -0.15) is 10.1 Å². The molecule has 17 heavy (non-hydrogen) atoms. The summed E-state index contributed by atoms with van der Waals surface area (Å²) in [5.41, 5.74) is 0.352. The molecule has 0 aliphatic heterocycles. The second-order valence-electron chi connectivity index (χ2n) is 3.53. The first-order chi connectivity index (χ1) is 8.08. The highest BCUT2D eigenvalue weighted by Crippen LogP contribution is 2.07. The summed E-state index contributed by atoms with van der Waals surface area (Å²) >= 11 is 5.68. The van der Waals surface area contributed by atoms with Gasteiger partial charge < -0.3 is 4.90 Å². The lowest BCUT2D eigenvalue weighted by Crippen LogP contribution is -2.22. The van der Waals surface area contributed by atoms with Crippen LogP contribution in [0.2, 0.25) is 5.28 Å². The van der Waals surface area contributed by atoms with Crippen molar-refractivity contribution in [1.29, 1.82) is 0 Å². The van der Waals surface area contributed by atoms with Crippen molar-refractivity contribution in [1.82, 2.24) is 24.6 Å². The summed E-state index contributed by atoms with van der Waals surface area (Å²) in [5.74, 6) is 0.353. The van der Waals surface area contributed by atoms with Crippen molar-refractivity contribution in [3.63, 3.8) is 0 Å². The summed E-state index contributed by atoms with van der Waals surface area (Å²) in [6.45, 7) is 0. The van der Waals surface area contributed by atoms with Gasteiger partial charge in [-0.1, -0.05) is 0 Å². The number of rotatable bonds is 2. The molecule has 0 aromatic carbocycles. The second-order valence-corrected chi connectivity index (χ2v) is 3.87. The van der Waals surface area contributed by atoms with Crippen molar-refractivity contribution in [2.24, 2.45) is 0 Å². The number of nitrogens with zero attached hydrogens (tertiary/aromatic N) is 5. The standard InChI is InChI=1S/C10H10ClN5O/c1-15(2)9(17)7-4-6-16(14-7)8-3-5-12-10(11)13-8/h3-6H,1-2H3. The summed E-state index contributed by atoms with van der Waals surface area (Å²) in [7, 11) is 3.34. The molecule has 0 radical (unpaired) electrons. The molecule has 0 saturated carbocycles. The Hall–Kier alpha value is -1.95. The maximum Gasteiger partial charge on any atom is 0.273 e. The lowest BCUT2D eigenvalue weighted by Gasteiger charge is -2.06. The Kier molecular flexibility index (Phi) is 3.06. The van der Waals surface area contributed by atoms with Gasteiger partial charge in [0.05, 0.1) is 0 Å². The van der Waals surface area contributed by atoms with E-state index in [1.807, 2.05) is 0 Å². The Balaban J connectivity index is 2.33. The van der Waals surface area contributed by atoms with Gasteiger partial charge in [0.15, 0.2) is 11.5 Å². The molecule has 0 saturated heterocycles. The smallest absolute Gasteiger partial charge is 0.273 e. The summed E-state index contributed by atoms with van der Waals surface area (Å²) in [6.07, 6.45) is 3.18. The highest BCUT2D eigenvalue weighted by molar-refractivity contribution is 6.28. The highest BCUT2D eigenvalue weighted by atomic mass is 35.5. The van der Waals surface area contributed by atoms with E-state index in [1.54, 1.807) is 32.4 Å². The van der Waals surface area contributed by atoms with Crippen LogP contribution in [0.4, 0.5) is 0 Å². The van der Waals surface area contributed by atoms with E-state index in [-0.39, 0.29) is 11.2 Å². The largest absolute Gasteiger partial charge is 0.343 e. The molecule has 88 valence electrons. The first-order valence-electron chi connectivity index (χ1n) is 4.84. The van der Waals surface area contributed by atoms with Gasteiger partial charge in [0, 0.05) is 32.6 Å². The van der Waals surface area contributed by atoms with Crippen molar-refractivity contribution in [3.8, 4) is 5.82 Å². The molecule has 2 aromatic heterocycles. The lowest BCUT2D eigenvalue weighted by atomic mass is 10.4. The number of aromatic nitrogens is 4. The molecule has 2 aromatic rings. The predicted octanol–water partition coefficient (Wildman–Crippen LogP) is 1.02. The number of hydrogen-bond donors (Lipinski definition) is 0. The molecule has 0 aliphatic rings. The fourth-order valence-electron chi connectivity index (χ4n) is 1.25. The van der Waals surface area contributed by atoms with Crippen LogP contribution in [0.3, 0.4) is 0 Å². The van der Waals surface area contributed by atoms with Gasteiger partial charge in [-0.25, -0.2) is 9.67 Å². The summed E-state index contributed by atoms with van der Waals surface area (Å²) in [6, 6.07) is 3.28. The average molecular weight is 252 g/mol. The Labute approximate surface area is 103 Å². The van der Waals surface area contributed by atoms with Crippen molar-refractivity contribution in [2.45, 2.75) is 0 Å². The molecule has 6 nitrogen and oxygen atoms in total. The van der Waals surface area contributed by atoms with E-state index in [1.165, 1.54) is 15.8 Å². The van der Waals surface area contributed by atoms with E-state index in [2.05, 4.69) is 15.1 Å². The van der Waals surface area contributed by atoms with E-state index < -0.39 is 0 Å². The van der Waals surface area contributed by atoms with Gasteiger partial charge >= 0.3 is 0 Å². The molecule has 0 unspecified atom stereocenters. The maximum absolute atomic E-state index is 11.6. The normalized spacial score (nSPS) is 10.3. The van der Waals surface area contributed by atoms with Crippen LogP contribution in [-0.2, 0) is 0 Å². The summed E-state index contributed by atoms with van der Waals surface area (Å²) in [5, 5.41) is 4.26. The molecule has 0 bridgehead atoms. The fourth-order valence-corrected chi connectivity index (χ4v) is 1.39. The molecule has 0 aliphatic carbocycles. The van der Waals surface area contributed by atoms with Crippen LogP contribution in [0.25, 0.3) is 5.82 Å². The molecular weight excluding hydrogens is 242 g/mol. The Bertz CT molecular complexity index is 551. The van der Waals surface area contributed by atoms with Crippen LogP contribution in [0.15, 0.2) is 24.5 Å². The molecule has 1 amide bonds. The topological polar surface area (TPSA) is 63.9 Å². The molecule has 2 heterocycles. The quantitative estimate of drug-likeness (QED) is 0.748. The molecule has 0 fully saturated rings. The minimum atomic E-state index is -0.163. The third-order valence-corrected chi connectivity index (χ3v) is 2.24. The summed E-state index contributed by atoms with van der Waals surface area (Å²) in [4.78, 5) is 20.9. The third kappa shape index (κ3) is 2.42. The maximum atomic E-state index is 11.6. The number of hydrogen-bond acceptors (Lipinski definition) is 4. The zero-order chi connectivity index (χ0) is 12.4. The van der Waals surface area contributed by atoms with E-state index in [9.17, 15) is 4.79 Å². The van der Waals surface area contributed by atoms with Crippen LogP contribution in [0.5, 0.6) is 0 Å². The van der Waals surface area contributed by atoms with Crippen molar-refractivity contribution in [3.05, 3.63) is 35.5 Å². The number of carbonyl (C=O) groups is 1. The monoisotopic (exact) mass is 251 g/mol. The van der Waals surface area contributed by atoms with Crippen LogP contribution < -0.4 is 0 Å². The van der Waals surface area contributed by atoms with Gasteiger partial charge in [0.2, 0.25) is 5.28 Å². The van der Waals surface area contributed by atoms with Crippen molar-refractivity contribution < 1.29 is 4.79 Å². The predicted molar refractivity (Wildman–Crippen MR) is 62.2 cm³/mol. The molecule has 0 N–H and O–H groups in total.